The molecule has 1 aliphatic rings. The minimum Gasteiger partial charge on any atom is -0.381 e. The molecule has 1 aromatic rings. The van der Waals surface area contributed by atoms with E-state index in [2.05, 4.69) is 24.3 Å². The summed E-state index contributed by atoms with van der Waals surface area (Å²) in [4.78, 5) is 0. The van der Waals surface area contributed by atoms with Gasteiger partial charge in [0.15, 0.2) is 0 Å². The second-order valence-corrected chi connectivity index (χ2v) is 4.31. The van der Waals surface area contributed by atoms with Gasteiger partial charge in [-0.3, -0.25) is 0 Å². The van der Waals surface area contributed by atoms with E-state index in [0.717, 1.165) is 25.6 Å². The van der Waals surface area contributed by atoms with E-state index in [9.17, 15) is 0 Å². The van der Waals surface area contributed by atoms with Gasteiger partial charge < -0.3 is 10.5 Å². The molecule has 0 saturated carbocycles. The van der Waals surface area contributed by atoms with Crippen LogP contribution in [0.4, 0.5) is 0 Å². The monoisotopic (exact) mass is 241 g/mol. The number of hydrogen-bond donors (Lipinski definition) is 1. The molecule has 1 aliphatic heterocycles. The molecule has 90 valence electrons. The fraction of sp³-hybridized carbons (Fsp3) is 0.538. The van der Waals surface area contributed by atoms with Gasteiger partial charge in [-0.25, -0.2) is 0 Å². The molecule has 1 heterocycles. The van der Waals surface area contributed by atoms with E-state index in [4.69, 9.17) is 10.5 Å². The minimum absolute atomic E-state index is 0. The van der Waals surface area contributed by atoms with Crippen LogP contribution in [0.15, 0.2) is 30.3 Å². The third-order valence-electron chi connectivity index (χ3n) is 3.16. The molecule has 0 aliphatic carbocycles. The summed E-state index contributed by atoms with van der Waals surface area (Å²) in [7, 11) is 0. The molecule has 2 N–H and O–H groups in total. The lowest BCUT2D eigenvalue weighted by molar-refractivity contribution is 0.0618. The fourth-order valence-corrected chi connectivity index (χ4v) is 2.18. The highest BCUT2D eigenvalue weighted by molar-refractivity contribution is 5.85. The largest absolute Gasteiger partial charge is 0.381 e. The molecule has 2 rings (SSSR count). The van der Waals surface area contributed by atoms with Gasteiger partial charge in [0, 0.05) is 19.3 Å². The predicted octanol–water partition coefficient (Wildman–Crippen LogP) is 2.92. The molecular weight excluding hydrogens is 222 g/mol. The van der Waals surface area contributed by atoms with Crippen LogP contribution in [-0.4, -0.2) is 13.2 Å². The van der Waals surface area contributed by atoms with E-state index < -0.39 is 0 Å². The Hall–Kier alpha value is -0.570. The zero-order valence-electron chi connectivity index (χ0n) is 9.47. The molecule has 0 bridgehead atoms. The minimum atomic E-state index is 0. The maximum absolute atomic E-state index is 6.19. The van der Waals surface area contributed by atoms with Crippen molar-refractivity contribution in [2.75, 3.05) is 13.2 Å². The Balaban J connectivity index is 0.00000128. The van der Waals surface area contributed by atoms with Crippen molar-refractivity contribution in [2.24, 2.45) is 11.7 Å². The van der Waals surface area contributed by atoms with Crippen LogP contribution in [0.5, 0.6) is 0 Å². The smallest absolute Gasteiger partial charge is 0.0468 e. The highest BCUT2D eigenvalue weighted by atomic mass is 35.5. The molecule has 16 heavy (non-hydrogen) atoms. The van der Waals surface area contributed by atoms with Crippen molar-refractivity contribution in [3.05, 3.63) is 35.9 Å². The Morgan fingerprint density at radius 1 is 1.19 bits per heavy atom. The topological polar surface area (TPSA) is 35.2 Å². The van der Waals surface area contributed by atoms with E-state index >= 15 is 0 Å². The van der Waals surface area contributed by atoms with Crippen LogP contribution in [0, 0.1) is 5.92 Å². The number of benzene rings is 1. The molecule has 3 heteroatoms. The van der Waals surface area contributed by atoms with Crippen LogP contribution in [0.2, 0.25) is 0 Å². The maximum Gasteiger partial charge on any atom is 0.0468 e. The van der Waals surface area contributed by atoms with Crippen molar-refractivity contribution in [1.82, 2.24) is 0 Å². The van der Waals surface area contributed by atoms with Gasteiger partial charge in [-0.2, -0.15) is 0 Å². The Kier molecular flexibility index (Phi) is 5.81. The van der Waals surface area contributed by atoms with Crippen molar-refractivity contribution in [1.29, 1.82) is 0 Å². The summed E-state index contributed by atoms with van der Waals surface area (Å²) in [5.41, 5.74) is 7.44. The van der Waals surface area contributed by atoms with Gasteiger partial charge in [0.2, 0.25) is 0 Å². The van der Waals surface area contributed by atoms with Crippen molar-refractivity contribution in [3.8, 4) is 0 Å². The average Bonchev–Trinajstić information content (AvgIpc) is 2.31. The van der Waals surface area contributed by atoms with E-state index in [1.54, 1.807) is 0 Å². The summed E-state index contributed by atoms with van der Waals surface area (Å²) in [5, 5.41) is 0. The van der Waals surface area contributed by atoms with Crippen LogP contribution in [0.1, 0.15) is 30.9 Å². The first-order valence-corrected chi connectivity index (χ1v) is 5.74. The van der Waals surface area contributed by atoms with Crippen molar-refractivity contribution in [2.45, 2.75) is 25.3 Å². The molecule has 0 aromatic heterocycles. The number of nitrogens with two attached hydrogens (primary N) is 1. The lowest BCUT2D eigenvalue weighted by atomic mass is 9.90. The van der Waals surface area contributed by atoms with Gasteiger partial charge >= 0.3 is 0 Å². The number of hydrogen-bond acceptors (Lipinski definition) is 2. The zero-order valence-corrected chi connectivity index (χ0v) is 10.3. The standard InChI is InChI=1S/C13H19NO.ClH/c14-13(12-4-2-1-3-5-12)10-11-6-8-15-9-7-11;/h1-5,11,13H,6-10,14H2;1H. The second-order valence-electron chi connectivity index (χ2n) is 4.31. The zero-order chi connectivity index (χ0) is 10.5. The molecule has 0 spiro atoms. The van der Waals surface area contributed by atoms with Crippen LogP contribution >= 0.6 is 12.4 Å². The number of rotatable bonds is 3. The van der Waals surface area contributed by atoms with Crippen LogP contribution in [0.3, 0.4) is 0 Å². The normalized spacial score (nSPS) is 18.8. The number of ether oxygens (including phenoxy) is 1. The Bertz CT molecular complexity index is 285. The third-order valence-corrected chi connectivity index (χ3v) is 3.16. The highest BCUT2D eigenvalue weighted by Gasteiger charge is 2.17. The van der Waals surface area contributed by atoms with Crippen molar-refractivity contribution >= 4 is 12.4 Å². The molecule has 1 saturated heterocycles. The molecule has 2 nitrogen and oxygen atoms in total. The summed E-state index contributed by atoms with van der Waals surface area (Å²) in [6, 6.07) is 10.6. The van der Waals surface area contributed by atoms with Gasteiger partial charge in [0.1, 0.15) is 0 Å². The summed E-state index contributed by atoms with van der Waals surface area (Å²) < 4.78 is 5.35. The molecule has 0 radical (unpaired) electrons. The second kappa shape index (κ2) is 6.89. The van der Waals surface area contributed by atoms with Crippen molar-refractivity contribution < 1.29 is 4.74 Å². The van der Waals surface area contributed by atoms with E-state index in [1.165, 1.54) is 18.4 Å². The van der Waals surface area contributed by atoms with Gasteiger partial charge in [-0.15, -0.1) is 12.4 Å². The first kappa shape index (κ1) is 13.5. The first-order chi connectivity index (χ1) is 7.36. The van der Waals surface area contributed by atoms with Gasteiger partial charge in [0.25, 0.3) is 0 Å². The molecular formula is C13H20ClNO. The van der Waals surface area contributed by atoms with Gasteiger partial charge in [-0.1, -0.05) is 30.3 Å². The van der Waals surface area contributed by atoms with E-state index in [1.807, 2.05) is 6.07 Å². The first-order valence-electron chi connectivity index (χ1n) is 5.74. The lowest BCUT2D eigenvalue weighted by Gasteiger charge is -2.24. The Morgan fingerprint density at radius 2 is 1.81 bits per heavy atom. The van der Waals surface area contributed by atoms with Crippen LogP contribution < -0.4 is 5.73 Å². The van der Waals surface area contributed by atoms with Crippen LogP contribution in [-0.2, 0) is 4.74 Å². The highest BCUT2D eigenvalue weighted by Crippen LogP contribution is 2.25. The molecule has 0 amide bonds. The van der Waals surface area contributed by atoms with Gasteiger partial charge in [0.05, 0.1) is 0 Å². The molecule has 1 aromatic carbocycles. The Morgan fingerprint density at radius 3 is 2.44 bits per heavy atom. The van der Waals surface area contributed by atoms with E-state index in [-0.39, 0.29) is 18.4 Å². The lowest BCUT2D eigenvalue weighted by Crippen LogP contribution is -2.21. The third kappa shape index (κ3) is 3.78. The number of halogens is 1. The summed E-state index contributed by atoms with van der Waals surface area (Å²) in [5.74, 6) is 0.744. The van der Waals surface area contributed by atoms with E-state index in [0.29, 0.717) is 0 Å². The fourth-order valence-electron chi connectivity index (χ4n) is 2.18. The van der Waals surface area contributed by atoms with Crippen molar-refractivity contribution in [3.63, 3.8) is 0 Å². The average molecular weight is 242 g/mol. The summed E-state index contributed by atoms with van der Waals surface area (Å²) >= 11 is 0. The summed E-state index contributed by atoms with van der Waals surface area (Å²) in [6.07, 6.45) is 3.43. The molecule has 1 fully saturated rings. The molecule has 1 atom stereocenters. The molecule has 1 unspecified atom stereocenters. The predicted molar refractivity (Wildman–Crippen MR) is 68.8 cm³/mol. The van der Waals surface area contributed by atoms with Crippen LogP contribution in [0.25, 0.3) is 0 Å². The quantitative estimate of drug-likeness (QED) is 0.883. The summed E-state index contributed by atoms with van der Waals surface area (Å²) in [6.45, 7) is 1.82. The van der Waals surface area contributed by atoms with Gasteiger partial charge in [-0.05, 0) is 30.7 Å². The SMILES string of the molecule is Cl.NC(CC1CCOCC1)c1ccccc1. The Labute approximate surface area is 104 Å². The maximum atomic E-state index is 6.19.